The highest BCUT2D eigenvalue weighted by molar-refractivity contribution is 5.15. The smallest absolute Gasteiger partial charge is 0.0591 e. The number of rotatable bonds is 5. The normalized spacial score (nSPS) is 22.2. The van der Waals surface area contributed by atoms with Crippen molar-refractivity contribution in [2.24, 2.45) is 5.84 Å². The molecule has 2 atom stereocenters. The predicted molar refractivity (Wildman–Crippen MR) is 64.8 cm³/mol. The third kappa shape index (κ3) is 3.30. The Morgan fingerprint density at radius 2 is 2.19 bits per heavy atom. The molecule has 1 aliphatic heterocycles. The molecule has 0 amide bonds. The molecule has 1 fully saturated rings. The summed E-state index contributed by atoms with van der Waals surface area (Å²) in [5, 5.41) is 0. The zero-order valence-corrected chi connectivity index (χ0v) is 9.56. The van der Waals surface area contributed by atoms with Gasteiger partial charge >= 0.3 is 0 Å². The Morgan fingerprint density at radius 3 is 2.81 bits per heavy atom. The van der Waals surface area contributed by atoms with Crippen LogP contribution in [0, 0.1) is 0 Å². The highest BCUT2D eigenvalue weighted by Gasteiger charge is 2.20. The van der Waals surface area contributed by atoms with Crippen LogP contribution in [0.1, 0.15) is 24.8 Å². The molecule has 2 unspecified atom stereocenters. The van der Waals surface area contributed by atoms with Gasteiger partial charge in [-0.25, -0.2) is 0 Å². The second kappa shape index (κ2) is 5.99. The van der Waals surface area contributed by atoms with Crippen molar-refractivity contribution in [1.82, 2.24) is 5.43 Å². The molecule has 2 rings (SSSR count). The number of hydrogen-bond donors (Lipinski definition) is 2. The standard InChI is InChI=1S/C13H20N2O/c14-15-12(10-13-7-4-8-16-13)9-11-5-2-1-3-6-11/h1-3,5-6,12-13,15H,4,7-10,14H2. The Labute approximate surface area is 97.0 Å². The van der Waals surface area contributed by atoms with Crippen LogP contribution in [-0.2, 0) is 11.2 Å². The third-order valence-electron chi connectivity index (χ3n) is 3.13. The highest BCUT2D eigenvalue weighted by Crippen LogP contribution is 2.18. The molecule has 0 bridgehead atoms. The molecule has 0 spiro atoms. The van der Waals surface area contributed by atoms with Crippen LogP contribution in [0.5, 0.6) is 0 Å². The lowest BCUT2D eigenvalue weighted by Gasteiger charge is -2.19. The number of ether oxygens (including phenoxy) is 1. The molecule has 0 aliphatic carbocycles. The lowest BCUT2D eigenvalue weighted by molar-refractivity contribution is 0.0946. The summed E-state index contributed by atoms with van der Waals surface area (Å²) in [6, 6.07) is 10.8. The van der Waals surface area contributed by atoms with E-state index >= 15 is 0 Å². The molecule has 1 saturated heterocycles. The van der Waals surface area contributed by atoms with E-state index in [1.54, 1.807) is 0 Å². The van der Waals surface area contributed by atoms with Crippen LogP contribution in [-0.4, -0.2) is 18.8 Å². The van der Waals surface area contributed by atoms with Gasteiger partial charge in [0, 0.05) is 12.6 Å². The summed E-state index contributed by atoms with van der Waals surface area (Å²) in [5.41, 5.74) is 4.22. The summed E-state index contributed by atoms with van der Waals surface area (Å²) in [5.74, 6) is 5.59. The summed E-state index contributed by atoms with van der Waals surface area (Å²) in [6.45, 7) is 0.910. The molecule has 16 heavy (non-hydrogen) atoms. The SMILES string of the molecule is NNC(Cc1ccccc1)CC1CCCO1. The number of hydrogen-bond acceptors (Lipinski definition) is 3. The number of nitrogens with one attached hydrogen (secondary N) is 1. The van der Waals surface area contributed by atoms with Gasteiger partial charge in [0.05, 0.1) is 6.10 Å². The molecular weight excluding hydrogens is 200 g/mol. The van der Waals surface area contributed by atoms with Crippen molar-refractivity contribution < 1.29 is 4.74 Å². The fourth-order valence-corrected chi connectivity index (χ4v) is 2.26. The first-order valence-corrected chi connectivity index (χ1v) is 6.00. The van der Waals surface area contributed by atoms with Crippen LogP contribution in [0.2, 0.25) is 0 Å². The lowest BCUT2D eigenvalue weighted by atomic mass is 10.00. The van der Waals surface area contributed by atoms with Crippen molar-refractivity contribution in [2.45, 2.75) is 37.8 Å². The van der Waals surface area contributed by atoms with E-state index in [2.05, 4.69) is 29.7 Å². The maximum Gasteiger partial charge on any atom is 0.0591 e. The van der Waals surface area contributed by atoms with E-state index in [1.165, 1.54) is 18.4 Å². The van der Waals surface area contributed by atoms with Crippen LogP contribution in [0.4, 0.5) is 0 Å². The van der Waals surface area contributed by atoms with Gasteiger partial charge in [0.2, 0.25) is 0 Å². The molecule has 1 heterocycles. The van der Waals surface area contributed by atoms with Gasteiger partial charge in [0.25, 0.3) is 0 Å². The minimum atomic E-state index is 0.311. The quantitative estimate of drug-likeness (QED) is 0.585. The number of hydrazine groups is 1. The maximum atomic E-state index is 5.63. The third-order valence-corrected chi connectivity index (χ3v) is 3.13. The van der Waals surface area contributed by atoms with Gasteiger partial charge in [0.15, 0.2) is 0 Å². The van der Waals surface area contributed by atoms with Gasteiger partial charge < -0.3 is 4.74 Å². The van der Waals surface area contributed by atoms with Crippen LogP contribution >= 0.6 is 0 Å². The molecule has 3 nitrogen and oxygen atoms in total. The summed E-state index contributed by atoms with van der Waals surface area (Å²) in [6.07, 6.45) is 4.73. The molecule has 3 N–H and O–H groups in total. The summed E-state index contributed by atoms with van der Waals surface area (Å²) >= 11 is 0. The van der Waals surface area contributed by atoms with Crippen LogP contribution in [0.25, 0.3) is 0 Å². The summed E-state index contributed by atoms with van der Waals surface area (Å²) < 4.78 is 5.63. The van der Waals surface area contributed by atoms with Gasteiger partial charge in [0.1, 0.15) is 0 Å². The van der Waals surface area contributed by atoms with Gasteiger partial charge in [-0.15, -0.1) is 0 Å². The first-order chi connectivity index (χ1) is 7.88. The fraction of sp³-hybridized carbons (Fsp3) is 0.538. The highest BCUT2D eigenvalue weighted by atomic mass is 16.5. The van der Waals surface area contributed by atoms with E-state index in [4.69, 9.17) is 10.6 Å². The molecule has 1 aromatic rings. The van der Waals surface area contributed by atoms with E-state index in [0.717, 1.165) is 19.4 Å². The maximum absolute atomic E-state index is 5.63. The van der Waals surface area contributed by atoms with Gasteiger partial charge in [-0.05, 0) is 31.2 Å². The first-order valence-electron chi connectivity index (χ1n) is 6.00. The molecule has 0 saturated carbocycles. The van der Waals surface area contributed by atoms with Crippen LogP contribution in [0.3, 0.4) is 0 Å². The topological polar surface area (TPSA) is 47.3 Å². The van der Waals surface area contributed by atoms with Crippen molar-refractivity contribution in [3.63, 3.8) is 0 Å². The fourth-order valence-electron chi connectivity index (χ4n) is 2.26. The van der Waals surface area contributed by atoms with Crippen molar-refractivity contribution >= 4 is 0 Å². The minimum Gasteiger partial charge on any atom is -0.378 e. The van der Waals surface area contributed by atoms with Crippen molar-refractivity contribution in [3.05, 3.63) is 35.9 Å². The van der Waals surface area contributed by atoms with Crippen molar-refractivity contribution in [3.8, 4) is 0 Å². The molecule has 0 aromatic heterocycles. The largest absolute Gasteiger partial charge is 0.378 e. The first kappa shape index (κ1) is 11.6. The Balaban J connectivity index is 1.85. The average molecular weight is 220 g/mol. The van der Waals surface area contributed by atoms with Gasteiger partial charge in [-0.2, -0.15) is 0 Å². The Bertz CT molecular complexity index is 296. The van der Waals surface area contributed by atoms with E-state index in [9.17, 15) is 0 Å². The number of benzene rings is 1. The van der Waals surface area contributed by atoms with Gasteiger partial charge in [-0.3, -0.25) is 11.3 Å². The van der Waals surface area contributed by atoms with Crippen LogP contribution in [0.15, 0.2) is 30.3 Å². The Kier molecular flexibility index (Phi) is 4.34. The van der Waals surface area contributed by atoms with Crippen molar-refractivity contribution in [1.29, 1.82) is 0 Å². The predicted octanol–water partition coefficient (Wildman–Crippen LogP) is 1.63. The monoisotopic (exact) mass is 220 g/mol. The van der Waals surface area contributed by atoms with E-state index < -0.39 is 0 Å². The molecule has 3 heteroatoms. The lowest BCUT2D eigenvalue weighted by Crippen LogP contribution is -2.39. The van der Waals surface area contributed by atoms with E-state index in [0.29, 0.717) is 12.1 Å². The second-order valence-electron chi connectivity index (χ2n) is 4.42. The number of nitrogens with two attached hydrogens (primary N) is 1. The zero-order chi connectivity index (χ0) is 11.2. The van der Waals surface area contributed by atoms with E-state index in [-0.39, 0.29) is 0 Å². The van der Waals surface area contributed by atoms with Crippen molar-refractivity contribution in [2.75, 3.05) is 6.61 Å². The molecule has 88 valence electrons. The summed E-state index contributed by atoms with van der Waals surface area (Å²) in [4.78, 5) is 0. The Morgan fingerprint density at radius 1 is 1.38 bits per heavy atom. The van der Waals surface area contributed by atoms with E-state index in [1.807, 2.05) is 6.07 Å². The summed E-state index contributed by atoms with van der Waals surface area (Å²) in [7, 11) is 0. The second-order valence-corrected chi connectivity index (χ2v) is 4.42. The minimum absolute atomic E-state index is 0.311. The Hall–Kier alpha value is -0.900. The van der Waals surface area contributed by atoms with Crippen LogP contribution < -0.4 is 11.3 Å². The molecule has 1 aliphatic rings. The molecule has 0 radical (unpaired) electrons. The molecule has 1 aromatic carbocycles. The average Bonchev–Trinajstić information content (AvgIpc) is 2.82. The van der Waals surface area contributed by atoms with Gasteiger partial charge in [-0.1, -0.05) is 30.3 Å². The molecular formula is C13H20N2O. The zero-order valence-electron chi connectivity index (χ0n) is 9.56.